The highest BCUT2D eigenvalue weighted by Gasteiger charge is 2.22. The van der Waals surface area contributed by atoms with Crippen molar-refractivity contribution < 1.29 is 9.59 Å². The highest BCUT2D eigenvalue weighted by atomic mass is 79.9. The fourth-order valence-electron chi connectivity index (χ4n) is 2.48. The van der Waals surface area contributed by atoms with Crippen LogP contribution in [0.5, 0.6) is 0 Å². The zero-order valence-electron chi connectivity index (χ0n) is 14.9. The van der Waals surface area contributed by atoms with Gasteiger partial charge in [0.05, 0.1) is 6.04 Å². The molecule has 6 heteroatoms. The fraction of sp³-hybridized carbons (Fsp3) is 0.300. The van der Waals surface area contributed by atoms with Gasteiger partial charge in [-0.05, 0) is 55.2 Å². The zero-order chi connectivity index (χ0) is 18.9. The first-order chi connectivity index (χ1) is 12.5. The number of rotatable bonds is 8. The van der Waals surface area contributed by atoms with Crippen molar-refractivity contribution in [2.45, 2.75) is 25.4 Å². The molecule has 0 unspecified atom stereocenters. The summed E-state index contributed by atoms with van der Waals surface area (Å²) in [5.41, 5.74) is 1.56. The van der Waals surface area contributed by atoms with Crippen LogP contribution in [0.4, 0.5) is 0 Å². The Balaban J connectivity index is 2.03. The van der Waals surface area contributed by atoms with Crippen molar-refractivity contribution in [3.8, 4) is 0 Å². The molecular formula is C20H23BrN2O2S. The number of nitrogens with one attached hydrogen (secondary N) is 2. The van der Waals surface area contributed by atoms with Gasteiger partial charge in [-0.3, -0.25) is 9.59 Å². The number of thioether (sulfide) groups is 1. The second-order valence-corrected chi connectivity index (χ2v) is 7.86. The Morgan fingerprint density at radius 2 is 1.69 bits per heavy atom. The minimum atomic E-state index is -0.562. The monoisotopic (exact) mass is 434 g/mol. The standard InChI is InChI=1S/C20H23BrN2O2S/c1-14(15-8-10-17(21)11-9-15)22-20(25)18(12-13-26-2)23-19(24)16-6-4-3-5-7-16/h3-11,14,18H,12-13H2,1-2H3,(H,22,25)(H,23,24)/t14-,18-/m1/s1. The first-order valence-corrected chi connectivity index (χ1v) is 10.6. The molecule has 0 heterocycles. The number of hydrogen-bond acceptors (Lipinski definition) is 3. The van der Waals surface area contributed by atoms with E-state index in [0.29, 0.717) is 12.0 Å². The number of hydrogen-bond donors (Lipinski definition) is 2. The second kappa shape index (κ2) is 10.4. The second-order valence-electron chi connectivity index (χ2n) is 5.96. The summed E-state index contributed by atoms with van der Waals surface area (Å²) >= 11 is 5.06. The normalized spacial score (nSPS) is 12.9. The Morgan fingerprint density at radius 1 is 1.04 bits per heavy atom. The summed E-state index contributed by atoms with van der Waals surface area (Å²) in [4.78, 5) is 25.1. The van der Waals surface area contributed by atoms with Gasteiger partial charge < -0.3 is 10.6 Å². The average molecular weight is 435 g/mol. The van der Waals surface area contributed by atoms with Gasteiger partial charge in [0.15, 0.2) is 0 Å². The molecule has 2 rings (SSSR count). The third kappa shape index (κ3) is 6.18. The van der Waals surface area contributed by atoms with Crippen molar-refractivity contribution in [1.29, 1.82) is 0 Å². The van der Waals surface area contributed by atoms with Crippen molar-refractivity contribution in [2.75, 3.05) is 12.0 Å². The van der Waals surface area contributed by atoms with Crippen LogP contribution >= 0.6 is 27.7 Å². The third-order valence-corrected chi connectivity index (χ3v) is 5.17. The van der Waals surface area contributed by atoms with Crippen LogP contribution in [0.2, 0.25) is 0 Å². The Hall–Kier alpha value is -1.79. The molecule has 2 amide bonds. The lowest BCUT2D eigenvalue weighted by atomic mass is 10.1. The maximum Gasteiger partial charge on any atom is 0.251 e. The molecule has 0 saturated heterocycles. The Kier molecular flexibility index (Phi) is 8.19. The van der Waals surface area contributed by atoms with Gasteiger partial charge in [0, 0.05) is 10.0 Å². The van der Waals surface area contributed by atoms with Gasteiger partial charge in [-0.15, -0.1) is 0 Å². The quantitative estimate of drug-likeness (QED) is 0.654. The van der Waals surface area contributed by atoms with Crippen LogP contribution in [-0.2, 0) is 4.79 Å². The highest BCUT2D eigenvalue weighted by molar-refractivity contribution is 9.10. The van der Waals surface area contributed by atoms with Gasteiger partial charge in [-0.25, -0.2) is 0 Å². The third-order valence-electron chi connectivity index (χ3n) is 4.00. The maximum atomic E-state index is 12.7. The minimum Gasteiger partial charge on any atom is -0.348 e. The van der Waals surface area contributed by atoms with E-state index in [9.17, 15) is 9.59 Å². The van der Waals surface area contributed by atoms with Crippen molar-refractivity contribution >= 4 is 39.5 Å². The minimum absolute atomic E-state index is 0.138. The molecule has 2 atom stereocenters. The zero-order valence-corrected chi connectivity index (χ0v) is 17.3. The molecule has 0 aliphatic carbocycles. The molecule has 0 bridgehead atoms. The van der Waals surface area contributed by atoms with Gasteiger partial charge in [0.1, 0.15) is 6.04 Å². The first-order valence-electron chi connectivity index (χ1n) is 8.42. The van der Waals surface area contributed by atoms with Crippen LogP contribution in [-0.4, -0.2) is 29.9 Å². The molecule has 0 saturated carbocycles. The van der Waals surface area contributed by atoms with E-state index in [4.69, 9.17) is 0 Å². The SMILES string of the molecule is CSCC[C@@H](NC(=O)c1ccccc1)C(=O)N[C@H](C)c1ccc(Br)cc1. The molecule has 26 heavy (non-hydrogen) atoms. The number of carbonyl (C=O) groups is 2. The van der Waals surface area contributed by atoms with Gasteiger partial charge in [0.25, 0.3) is 5.91 Å². The van der Waals surface area contributed by atoms with Crippen molar-refractivity contribution in [1.82, 2.24) is 10.6 Å². The Labute approximate surface area is 167 Å². The van der Waals surface area contributed by atoms with Crippen molar-refractivity contribution in [3.63, 3.8) is 0 Å². The van der Waals surface area contributed by atoms with E-state index in [0.717, 1.165) is 15.8 Å². The van der Waals surface area contributed by atoms with Crippen LogP contribution in [0, 0.1) is 0 Å². The van der Waals surface area contributed by atoms with Gasteiger partial charge >= 0.3 is 0 Å². The van der Waals surface area contributed by atoms with Gasteiger partial charge in [0.2, 0.25) is 5.91 Å². The van der Waals surface area contributed by atoms with Crippen LogP contribution in [0.3, 0.4) is 0 Å². The highest BCUT2D eigenvalue weighted by Crippen LogP contribution is 2.17. The molecular weight excluding hydrogens is 412 g/mol. The number of amides is 2. The molecule has 2 N–H and O–H groups in total. The van der Waals surface area contributed by atoms with E-state index in [1.807, 2.05) is 55.6 Å². The summed E-state index contributed by atoms with van der Waals surface area (Å²) in [5, 5.41) is 5.87. The topological polar surface area (TPSA) is 58.2 Å². The van der Waals surface area contributed by atoms with Crippen LogP contribution in [0.15, 0.2) is 59.1 Å². The van der Waals surface area contributed by atoms with E-state index in [-0.39, 0.29) is 17.9 Å². The van der Waals surface area contributed by atoms with E-state index in [1.54, 1.807) is 23.9 Å². The van der Waals surface area contributed by atoms with E-state index in [2.05, 4.69) is 26.6 Å². The van der Waals surface area contributed by atoms with Crippen LogP contribution in [0.1, 0.15) is 35.3 Å². The summed E-state index contributed by atoms with van der Waals surface area (Å²) < 4.78 is 0.993. The number of carbonyl (C=O) groups excluding carboxylic acids is 2. The summed E-state index contributed by atoms with van der Waals surface area (Å²) in [5.74, 6) is 0.390. The van der Waals surface area contributed by atoms with Crippen LogP contribution in [0.25, 0.3) is 0 Å². The average Bonchev–Trinajstić information content (AvgIpc) is 2.66. The fourth-order valence-corrected chi connectivity index (χ4v) is 3.22. The molecule has 4 nitrogen and oxygen atoms in total. The van der Waals surface area contributed by atoms with E-state index >= 15 is 0 Å². The molecule has 0 aliphatic heterocycles. The predicted molar refractivity (Wildman–Crippen MR) is 111 cm³/mol. The Morgan fingerprint density at radius 3 is 2.31 bits per heavy atom. The molecule has 0 spiro atoms. The summed E-state index contributed by atoms with van der Waals surface area (Å²) in [6.07, 6.45) is 2.57. The lowest BCUT2D eigenvalue weighted by Gasteiger charge is -2.21. The molecule has 0 aromatic heterocycles. The van der Waals surface area contributed by atoms with Crippen molar-refractivity contribution in [2.24, 2.45) is 0 Å². The van der Waals surface area contributed by atoms with E-state index < -0.39 is 6.04 Å². The summed E-state index contributed by atoms with van der Waals surface area (Å²) in [6.45, 7) is 1.94. The first kappa shape index (κ1) is 20.5. The number of halogens is 1. The van der Waals surface area contributed by atoms with Gasteiger partial charge in [-0.1, -0.05) is 46.3 Å². The Bertz CT molecular complexity index is 722. The summed E-state index contributed by atoms with van der Waals surface area (Å²) in [6, 6.07) is 16.1. The van der Waals surface area contributed by atoms with Crippen molar-refractivity contribution in [3.05, 3.63) is 70.2 Å². The lowest BCUT2D eigenvalue weighted by molar-refractivity contribution is -0.123. The maximum absolute atomic E-state index is 12.7. The summed E-state index contributed by atoms with van der Waals surface area (Å²) in [7, 11) is 0. The molecule has 0 radical (unpaired) electrons. The molecule has 2 aromatic rings. The van der Waals surface area contributed by atoms with E-state index in [1.165, 1.54) is 0 Å². The molecule has 2 aromatic carbocycles. The van der Waals surface area contributed by atoms with Crippen LogP contribution < -0.4 is 10.6 Å². The predicted octanol–water partition coefficient (Wildman–Crippen LogP) is 4.18. The number of benzene rings is 2. The lowest BCUT2D eigenvalue weighted by Crippen LogP contribution is -2.47. The van der Waals surface area contributed by atoms with Gasteiger partial charge in [-0.2, -0.15) is 11.8 Å². The largest absolute Gasteiger partial charge is 0.348 e. The smallest absolute Gasteiger partial charge is 0.251 e. The molecule has 0 aliphatic rings. The molecule has 0 fully saturated rings. The molecule has 138 valence electrons.